The summed E-state index contributed by atoms with van der Waals surface area (Å²) in [5, 5.41) is 10.9. The second kappa shape index (κ2) is 7.64. The van der Waals surface area contributed by atoms with Crippen LogP contribution in [-0.4, -0.2) is 10.7 Å². The largest absolute Gasteiger partial charge is 0.457 e. The summed E-state index contributed by atoms with van der Waals surface area (Å²) in [7, 11) is 0. The summed E-state index contributed by atoms with van der Waals surface area (Å²) in [4.78, 5) is 22.8. The van der Waals surface area contributed by atoms with E-state index in [-0.39, 0.29) is 16.9 Å². The predicted molar refractivity (Wildman–Crippen MR) is 109 cm³/mol. The summed E-state index contributed by atoms with van der Waals surface area (Å²) >= 11 is 0. The quantitative estimate of drug-likeness (QED) is 0.235. The normalized spacial score (nSPS) is 11.7. The van der Waals surface area contributed by atoms with Gasteiger partial charge in [0.1, 0.15) is 11.5 Å². The van der Waals surface area contributed by atoms with Crippen molar-refractivity contribution in [2.24, 2.45) is 0 Å². The van der Waals surface area contributed by atoms with Gasteiger partial charge in [0.2, 0.25) is 0 Å². The van der Waals surface area contributed by atoms with Gasteiger partial charge in [-0.1, -0.05) is 57.2 Å². The molecule has 0 aliphatic rings. The van der Waals surface area contributed by atoms with Crippen molar-refractivity contribution in [3.05, 3.63) is 93.7 Å². The highest BCUT2D eigenvalue weighted by atomic mass is 16.6. The van der Waals surface area contributed by atoms with Gasteiger partial charge in [0.25, 0.3) is 5.69 Å². The van der Waals surface area contributed by atoms with E-state index in [4.69, 9.17) is 4.42 Å². The van der Waals surface area contributed by atoms with Crippen LogP contribution in [0.25, 0.3) is 17.4 Å². The first kappa shape index (κ1) is 19.3. The third-order valence-corrected chi connectivity index (χ3v) is 4.40. The molecule has 1 heterocycles. The Hall–Kier alpha value is -3.47. The molecule has 28 heavy (non-hydrogen) atoms. The fourth-order valence-corrected chi connectivity index (χ4v) is 2.76. The second-order valence-corrected chi connectivity index (χ2v) is 7.53. The molecule has 5 nitrogen and oxygen atoms in total. The molecule has 0 unspecified atom stereocenters. The zero-order valence-electron chi connectivity index (χ0n) is 16.0. The molecule has 142 valence electrons. The number of ketones is 1. The lowest BCUT2D eigenvalue weighted by molar-refractivity contribution is -0.384. The number of hydrogen-bond acceptors (Lipinski definition) is 4. The average molecular weight is 375 g/mol. The molecule has 5 heteroatoms. The minimum Gasteiger partial charge on any atom is -0.457 e. The summed E-state index contributed by atoms with van der Waals surface area (Å²) in [6.45, 7) is 6.37. The van der Waals surface area contributed by atoms with E-state index < -0.39 is 4.92 Å². The van der Waals surface area contributed by atoms with Crippen LogP contribution >= 0.6 is 0 Å². The number of furan rings is 1. The molecular weight excluding hydrogens is 354 g/mol. The van der Waals surface area contributed by atoms with Crippen LogP contribution in [0.4, 0.5) is 5.69 Å². The highest BCUT2D eigenvalue weighted by Crippen LogP contribution is 2.26. The smallest absolute Gasteiger partial charge is 0.270 e. The number of allylic oxidation sites excluding steroid dienone is 1. The van der Waals surface area contributed by atoms with Gasteiger partial charge in [0.15, 0.2) is 5.78 Å². The lowest BCUT2D eigenvalue weighted by Gasteiger charge is -2.18. The van der Waals surface area contributed by atoms with E-state index >= 15 is 0 Å². The Labute approximate surface area is 163 Å². The van der Waals surface area contributed by atoms with Gasteiger partial charge in [-0.3, -0.25) is 14.9 Å². The Morgan fingerprint density at radius 1 is 1.04 bits per heavy atom. The van der Waals surface area contributed by atoms with Gasteiger partial charge in [-0.25, -0.2) is 0 Å². The van der Waals surface area contributed by atoms with Crippen LogP contribution in [0.3, 0.4) is 0 Å². The van der Waals surface area contributed by atoms with E-state index in [9.17, 15) is 14.9 Å². The molecule has 0 N–H and O–H groups in total. The van der Waals surface area contributed by atoms with E-state index in [1.165, 1.54) is 23.8 Å². The SMILES string of the molecule is CC(C)(C)c1ccc(C(=O)C=Cc2ccc(-c3cccc([N+](=O)[O-])c3)o2)cc1. The zero-order valence-corrected chi connectivity index (χ0v) is 16.0. The van der Waals surface area contributed by atoms with E-state index in [1.807, 2.05) is 24.3 Å². The van der Waals surface area contributed by atoms with Gasteiger partial charge in [0.05, 0.1) is 4.92 Å². The number of nitrogens with zero attached hydrogens (tertiary/aromatic N) is 1. The van der Waals surface area contributed by atoms with Crippen molar-refractivity contribution >= 4 is 17.5 Å². The summed E-state index contributed by atoms with van der Waals surface area (Å²) in [5.41, 5.74) is 2.42. The van der Waals surface area contributed by atoms with Gasteiger partial charge >= 0.3 is 0 Å². The fraction of sp³-hybridized carbons (Fsp3) is 0.174. The van der Waals surface area contributed by atoms with Gasteiger partial charge in [-0.05, 0) is 35.3 Å². The average Bonchev–Trinajstić information content (AvgIpc) is 3.14. The molecule has 0 aliphatic carbocycles. The van der Waals surface area contributed by atoms with Gasteiger partial charge in [0, 0.05) is 23.3 Å². The first-order valence-corrected chi connectivity index (χ1v) is 8.92. The molecule has 0 bridgehead atoms. The molecule has 0 atom stereocenters. The number of non-ortho nitro benzene ring substituents is 1. The molecule has 3 rings (SSSR count). The molecule has 3 aromatic rings. The fourth-order valence-electron chi connectivity index (χ4n) is 2.76. The standard InChI is InChI=1S/C23H21NO4/c1-23(2,3)18-9-7-16(8-10-18)21(25)13-11-20-12-14-22(28-20)17-5-4-6-19(15-17)24(26)27/h4-15H,1-3H3. The maximum atomic E-state index is 12.4. The summed E-state index contributed by atoms with van der Waals surface area (Å²) in [6, 6.07) is 17.3. The van der Waals surface area contributed by atoms with Gasteiger partial charge < -0.3 is 4.42 Å². The van der Waals surface area contributed by atoms with Crippen molar-refractivity contribution in [3.63, 3.8) is 0 Å². The highest BCUT2D eigenvalue weighted by molar-refractivity contribution is 6.06. The lowest BCUT2D eigenvalue weighted by Crippen LogP contribution is -2.11. The number of nitro groups is 1. The van der Waals surface area contributed by atoms with Crippen molar-refractivity contribution in [3.8, 4) is 11.3 Å². The third kappa shape index (κ3) is 4.43. The van der Waals surface area contributed by atoms with Crippen molar-refractivity contribution in [1.29, 1.82) is 0 Å². The summed E-state index contributed by atoms with van der Waals surface area (Å²) in [5.74, 6) is 0.889. The van der Waals surface area contributed by atoms with Crippen molar-refractivity contribution in [2.45, 2.75) is 26.2 Å². The Kier molecular flexibility index (Phi) is 5.27. The number of carbonyl (C=O) groups is 1. The molecule has 2 aromatic carbocycles. The molecular formula is C23H21NO4. The molecule has 0 aliphatic heterocycles. The van der Waals surface area contributed by atoms with E-state index in [2.05, 4.69) is 20.8 Å². The van der Waals surface area contributed by atoms with E-state index in [0.717, 1.165) is 0 Å². The second-order valence-electron chi connectivity index (χ2n) is 7.53. The minimum absolute atomic E-state index is 0.000117. The van der Waals surface area contributed by atoms with Crippen LogP contribution in [0, 0.1) is 10.1 Å². The van der Waals surface area contributed by atoms with Crippen molar-refractivity contribution in [1.82, 2.24) is 0 Å². The van der Waals surface area contributed by atoms with Crippen LogP contribution in [0.5, 0.6) is 0 Å². The molecule has 0 spiro atoms. The first-order valence-electron chi connectivity index (χ1n) is 8.92. The number of nitro benzene ring substituents is 1. The summed E-state index contributed by atoms with van der Waals surface area (Å²) < 4.78 is 5.69. The molecule has 0 saturated heterocycles. The van der Waals surface area contributed by atoms with Crippen LogP contribution in [0.15, 0.2) is 71.2 Å². The Balaban J connectivity index is 1.74. The first-order chi connectivity index (χ1) is 13.2. The number of rotatable bonds is 5. The number of hydrogen-bond donors (Lipinski definition) is 0. The Bertz CT molecular complexity index is 1040. The Morgan fingerprint density at radius 3 is 2.39 bits per heavy atom. The maximum Gasteiger partial charge on any atom is 0.270 e. The van der Waals surface area contributed by atoms with Crippen molar-refractivity contribution in [2.75, 3.05) is 0 Å². The van der Waals surface area contributed by atoms with Crippen LogP contribution in [0.1, 0.15) is 42.5 Å². The molecule has 0 fully saturated rings. The topological polar surface area (TPSA) is 73.3 Å². The number of benzene rings is 2. The van der Waals surface area contributed by atoms with E-state index in [1.54, 1.807) is 30.3 Å². The lowest BCUT2D eigenvalue weighted by atomic mass is 9.86. The van der Waals surface area contributed by atoms with Gasteiger partial charge in [-0.2, -0.15) is 0 Å². The van der Waals surface area contributed by atoms with Crippen LogP contribution in [0.2, 0.25) is 0 Å². The minimum atomic E-state index is -0.448. The Morgan fingerprint density at radius 2 is 1.75 bits per heavy atom. The van der Waals surface area contributed by atoms with Crippen LogP contribution < -0.4 is 0 Å². The highest BCUT2D eigenvalue weighted by Gasteiger charge is 2.14. The molecule has 0 radical (unpaired) electrons. The third-order valence-electron chi connectivity index (χ3n) is 4.40. The zero-order chi connectivity index (χ0) is 20.3. The molecule has 1 aromatic heterocycles. The molecule has 0 saturated carbocycles. The summed E-state index contributed by atoms with van der Waals surface area (Å²) in [6.07, 6.45) is 3.06. The van der Waals surface area contributed by atoms with Crippen LogP contribution in [-0.2, 0) is 5.41 Å². The predicted octanol–water partition coefficient (Wildman–Crippen LogP) is 6.05. The maximum absolute atomic E-state index is 12.4. The number of carbonyl (C=O) groups excluding carboxylic acids is 1. The molecule has 0 amide bonds. The van der Waals surface area contributed by atoms with Crippen molar-refractivity contribution < 1.29 is 14.1 Å². The van der Waals surface area contributed by atoms with E-state index in [0.29, 0.717) is 22.6 Å². The van der Waals surface area contributed by atoms with Gasteiger partial charge in [-0.15, -0.1) is 0 Å². The monoisotopic (exact) mass is 375 g/mol.